The van der Waals surface area contributed by atoms with Gasteiger partial charge in [0.15, 0.2) is 0 Å². The van der Waals surface area contributed by atoms with E-state index < -0.39 is 0 Å². The van der Waals surface area contributed by atoms with Crippen molar-refractivity contribution in [2.24, 2.45) is 0 Å². The lowest BCUT2D eigenvalue weighted by Crippen LogP contribution is -2.38. The fraction of sp³-hybridized carbons (Fsp3) is 0.316. The number of halogens is 2. The molecule has 1 heterocycles. The molecule has 0 saturated carbocycles. The molecule has 0 spiro atoms. The van der Waals surface area contributed by atoms with Crippen LogP contribution < -0.4 is 0 Å². The zero-order valence-corrected chi connectivity index (χ0v) is 15.6. The summed E-state index contributed by atoms with van der Waals surface area (Å²) in [5.74, 6) is 0.680. The van der Waals surface area contributed by atoms with Gasteiger partial charge < -0.3 is 4.90 Å². The van der Waals surface area contributed by atoms with Crippen LogP contribution in [0.25, 0.3) is 0 Å². The Morgan fingerprint density at radius 1 is 1.28 bits per heavy atom. The minimum Gasteiger partial charge on any atom is -0.325 e. The number of hydrogen-bond acceptors (Lipinski definition) is 3. The molecule has 1 amide bonds. The van der Waals surface area contributed by atoms with Gasteiger partial charge in [0.25, 0.3) is 0 Å². The molecule has 132 valence electrons. The molecule has 1 fully saturated rings. The van der Waals surface area contributed by atoms with E-state index in [1.54, 1.807) is 30.0 Å². The summed E-state index contributed by atoms with van der Waals surface area (Å²) in [6.45, 7) is 1.35. The van der Waals surface area contributed by atoms with Crippen molar-refractivity contribution in [3.8, 4) is 0 Å². The second-order valence-electron chi connectivity index (χ2n) is 6.10. The average molecular weight is 379 g/mol. The molecular formula is C19H20ClFN2OS. The van der Waals surface area contributed by atoms with Crippen LogP contribution >= 0.6 is 23.4 Å². The van der Waals surface area contributed by atoms with Crippen LogP contribution in [-0.2, 0) is 11.3 Å². The largest absolute Gasteiger partial charge is 0.325 e. The number of carbonyl (C=O) groups is 1. The lowest BCUT2D eigenvalue weighted by atomic mass is 10.2. The summed E-state index contributed by atoms with van der Waals surface area (Å²) in [5.41, 5.74) is 1.56. The molecule has 2 aromatic rings. The Hall–Kier alpha value is -1.56. The lowest BCUT2D eigenvalue weighted by Gasteiger charge is -2.27. The highest BCUT2D eigenvalue weighted by Gasteiger charge is 2.32. The van der Waals surface area contributed by atoms with Gasteiger partial charge in [-0.3, -0.25) is 9.69 Å². The highest BCUT2D eigenvalue weighted by molar-refractivity contribution is 7.99. The first-order valence-corrected chi connectivity index (χ1v) is 9.56. The SMILES string of the molecule is CN(CC(=O)N1CCSC1c1ccccc1Cl)Cc1ccccc1F. The van der Waals surface area contributed by atoms with E-state index >= 15 is 0 Å². The zero-order valence-electron chi connectivity index (χ0n) is 14.0. The fourth-order valence-electron chi connectivity index (χ4n) is 2.95. The molecule has 0 aliphatic carbocycles. The Balaban J connectivity index is 1.66. The Bertz CT molecular complexity index is 758. The quantitative estimate of drug-likeness (QED) is 0.779. The van der Waals surface area contributed by atoms with Crippen LogP contribution in [0.4, 0.5) is 4.39 Å². The highest BCUT2D eigenvalue weighted by atomic mass is 35.5. The molecule has 0 aromatic heterocycles. The molecule has 0 radical (unpaired) electrons. The summed E-state index contributed by atoms with van der Waals surface area (Å²) < 4.78 is 13.8. The number of likely N-dealkylation sites (N-methyl/N-ethyl adjacent to an activating group) is 1. The van der Waals surface area contributed by atoms with Crippen molar-refractivity contribution in [1.29, 1.82) is 0 Å². The van der Waals surface area contributed by atoms with Gasteiger partial charge in [0, 0.05) is 35.0 Å². The monoisotopic (exact) mass is 378 g/mol. The number of rotatable bonds is 5. The molecule has 25 heavy (non-hydrogen) atoms. The third-order valence-corrected chi connectivity index (χ3v) is 5.77. The van der Waals surface area contributed by atoms with Gasteiger partial charge in [-0.25, -0.2) is 4.39 Å². The van der Waals surface area contributed by atoms with Crippen LogP contribution in [0.5, 0.6) is 0 Å². The number of hydrogen-bond donors (Lipinski definition) is 0. The van der Waals surface area contributed by atoms with Crippen molar-refractivity contribution in [3.63, 3.8) is 0 Å². The van der Waals surface area contributed by atoms with Crippen LogP contribution in [0.15, 0.2) is 48.5 Å². The normalized spacial score (nSPS) is 17.3. The van der Waals surface area contributed by atoms with Gasteiger partial charge in [-0.15, -0.1) is 11.8 Å². The molecule has 0 N–H and O–H groups in total. The number of nitrogens with zero attached hydrogens (tertiary/aromatic N) is 2. The first-order valence-electron chi connectivity index (χ1n) is 8.13. The molecular weight excluding hydrogens is 359 g/mol. The van der Waals surface area contributed by atoms with Gasteiger partial charge in [0.1, 0.15) is 11.2 Å². The van der Waals surface area contributed by atoms with Gasteiger partial charge in [-0.2, -0.15) is 0 Å². The number of carbonyl (C=O) groups excluding carboxylic acids is 1. The standard InChI is InChI=1S/C19H20ClFN2OS/c1-22(12-14-6-2-5-9-17(14)21)13-18(24)23-10-11-25-19(23)15-7-3-4-8-16(15)20/h2-9,19H,10-13H2,1H3. The Kier molecular flexibility index (Phi) is 5.99. The van der Waals surface area contributed by atoms with Gasteiger partial charge in [-0.05, 0) is 19.2 Å². The minimum absolute atomic E-state index is 0.0359. The predicted molar refractivity (Wildman–Crippen MR) is 101 cm³/mol. The van der Waals surface area contributed by atoms with E-state index in [2.05, 4.69) is 0 Å². The van der Waals surface area contributed by atoms with Crippen molar-refractivity contribution in [1.82, 2.24) is 9.80 Å². The molecule has 6 heteroatoms. The number of amides is 1. The maximum absolute atomic E-state index is 13.8. The van der Waals surface area contributed by atoms with E-state index in [1.807, 2.05) is 41.1 Å². The van der Waals surface area contributed by atoms with Crippen LogP contribution in [0.2, 0.25) is 5.02 Å². The predicted octanol–water partition coefficient (Wildman–Crippen LogP) is 4.19. The summed E-state index contributed by atoms with van der Waals surface area (Å²) in [7, 11) is 1.83. The van der Waals surface area contributed by atoms with Crippen molar-refractivity contribution >= 4 is 29.3 Å². The minimum atomic E-state index is -0.243. The van der Waals surface area contributed by atoms with E-state index in [4.69, 9.17) is 11.6 Å². The summed E-state index contributed by atoms with van der Waals surface area (Å²) in [6.07, 6.45) is 0. The van der Waals surface area contributed by atoms with Crippen LogP contribution in [0.1, 0.15) is 16.5 Å². The first-order chi connectivity index (χ1) is 12.1. The third kappa shape index (κ3) is 4.35. The van der Waals surface area contributed by atoms with Crippen LogP contribution in [0, 0.1) is 5.82 Å². The fourth-order valence-corrected chi connectivity index (χ4v) is 4.57. The summed E-state index contributed by atoms with van der Waals surface area (Å²) in [6, 6.07) is 14.3. The van der Waals surface area contributed by atoms with E-state index in [1.165, 1.54) is 6.07 Å². The molecule has 0 bridgehead atoms. The summed E-state index contributed by atoms with van der Waals surface area (Å²) in [5, 5.41) is 0.627. The van der Waals surface area contributed by atoms with Gasteiger partial charge in [0.05, 0.1) is 6.54 Å². The number of thioether (sulfide) groups is 1. The van der Waals surface area contributed by atoms with Crippen LogP contribution in [-0.4, -0.2) is 41.6 Å². The van der Waals surface area contributed by atoms with Crippen molar-refractivity contribution in [2.75, 3.05) is 25.9 Å². The lowest BCUT2D eigenvalue weighted by molar-refractivity contribution is -0.132. The van der Waals surface area contributed by atoms with Crippen LogP contribution in [0.3, 0.4) is 0 Å². The van der Waals surface area contributed by atoms with Crippen molar-refractivity contribution in [3.05, 3.63) is 70.5 Å². The smallest absolute Gasteiger partial charge is 0.237 e. The second-order valence-corrected chi connectivity index (χ2v) is 7.69. The third-order valence-electron chi connectivity index (χ3n) is 4.19. The topological polar surface area (TPSA) is 23.6 Å². The molecule has 1 unspecified atom stereocenters. The van der Waals surface area contributed by atoms with E-state index in [-0.39, 0.29) is 23.6 Å². The maximum Gasteiger partial charge on any atom is 0.237 e. The zero-order chi connectivity index (χ0) is 17.8. The Labute approximate surface area is 156 Å². The van der Waals surface area contributed by atoms with E-state index in [0.29, 0.717) is 23.7 Å². The Morgan fingerprint density at radius 2 is 2.00 bits per heavy atom. The Morgan fingerprint density at radius 3 is 2.76 bits per heavy atom. The van der Waals surface area contributed by atoms with E-state index in [0.717, 1.165) is 11.3 Å². The molecule has 1 aliphatic rings. The molecule has 2 aromatic carbocycles. The molecule has 1 aliphatic heterocycles. The summed E-state index contributed by atoms with van der Waals surface area (Å²) in [4.78, 5) is 16.5. The molecule has 1 saturated heterocycles. The van der Waals surface area contributed by atoms with Gasteiger partial charge >= 0.3 is 0 Å². The first kappa shape index (κ1) is 18.2. The second kappa shape index (κ2) is 8.21. The summed E-state index contributed by atoms with van der Waals surface area (Å²) >= 11 is 8.02. The van der Waals surface area contributed by atoms with Crippen molar-refractivity contribution < 1.29 is 9.18 Å². The molecule has 1 atom stereocenters. The average Bonchev–Trinajstić information content (AvgIpc) is 3.07. The van der Waals surface area contributed by atoms with Gasteiger partial charge in [0.2, 0.25) is 5.91 Å². The van der Waals surface area contributed by atoms with Crippen molar-refractivity contribution in [2.45, 2.75) is 11.9 Å². The van der Waals surface area contributed by atoms with E-state index in [9.17, 15) is 9.18 Å². The molecule has 3 nitrogen and oxygen atoms in total. The molecule has 3 rings (SSSR count). The van der Waals surface area contributed by atoms with Gasteiger partial charge in [-0.1, -0.05) is 48.0 Å². The number of benzene rings is 2. The highest BCUT2D eigenvalue weighted by Crippen LogP contribution is 2.40. The maximum atomic E-state index is 13.8.